The largest absolute Gasteiger partial charge is 0.395 e. The van der Waals surface area contributed by atoms with Crippen LogP contribution in [-0.2, 0) is 16.1 Å². The first-order chi connectivity index (χ1) is 13.0. The Labute approximate surface area is 161 Å². The van der Waals surface area contributed by atoms with Gasteiger partial charge in [-0.15, -0.1) is 0 Å². The average Bonchev–Trinajstić information content (AvgIpc) is 2.66. The number of β-amino-alcohol motifs (C(OH)–C–C–N with tert-alkyl or cyclic N) is 1. The summed E-state index contributed by atoms with van der Waals surface area (Å²) in [7, 11) is 1.94. The maximum absolute atomic E-state index is 12.8. The fraction of sp³-hybridized carbons (Fsp3) is 0.650. The molecule has 1 aromatic rings. The van der Waals surface area contributed by atoms with E-state index in [1.807, 2.05) is 35.0 Å². The van der Waals surface area contributed by atoms with Gasteiger partial charge in [0, 0.05) is 50.8 Å². The fourth-order valence-electron chi connectivity index (χ4n) is 4.34. The van der Waals surface area contributed by atoms with Crippen molar-refractivity contribution in [2.75, 3.05) is 46.4 Å². The molecule has 1 N–H and O–H groups in total. The van der Waals surface area contributed by atoms with Gasteiger partial charge >= 0.3 is 0 Å². The first kappa shape index (κ1) is 19.8. The molecule has 0 saturated carbocycles. The number of likely N-dealkylation sites (tertiary alicyclic amines) is 2. The van der Waals surface area contributed by atoms with Gasteiger partial charge < -0.3 is 14.9 Å². The maximum Gasteiger partial charge on any atom is 0.236 e. The molecule has 148 valence electrons. The first-order valence-corrected chi connectivity index (χ1v) is 9.76. The summed E-state index contributed by atoms with van der Waals surface area (Å²) in [6, 6.07) is 5.80. The summed E-state index contributed by atoms with van der Waals surface area (Å²) in [6.45, 7) is 3.53. The van der Waals surface area contributed by atoms with E-state index in [-0.39, 0.29) is 23.8 Å². The van der Waals surface area contributed by atoms with Crippen molar-refractivity contribution >= 4 is 11.8 Å². The zero-order chi connectivity index (χ0) is 19.3. The van der Waals surface area contributed by atoms with E-state index in [9.17, 15) is 14.7 Å². The van der Waals surface area contributed by atoms with Crippen LogP contribution in [0, 0.1) is 5.41 Å². The van der Waals surface area contributed by atoms with E-state index in [1.54, 1.807) is 11.1 Å². The summed E-state index contributed by atoms with van der Waals surface area (Å²) < 4.78 is 0. The predicted molar refractivity (Wildman–Crippen MR) is 102 cm³/mol. The van der Waals surface area contributed by atoms with Gasteiger partial charge in [0.25, 0.3) is 0 Å². The number of aliphatic hydroxyl groups is 1. The van der Waals surface area contributed by atoms with Crippen LogP contribution in [0.25, 0.3) is 0 Å². The highest BCUT2D eigenvalue weighted by molar-refractivity contribution is 5.79. The van der Waals surface area contributed by atoms with E-state index in [0.29, 0.717) is 39.1 Å². The van der Waals surface area contributed by atoms with E-state index in [1.165, 1.54) is 0 Å². The molecule has 1 atom stereocenters. The van der Waals surface area contributed by atoms with Gasteiger partial charge in [-0.2, -0.15) is 0 Å². The summed E-state index contributed by atoms with van der Waals surface area (Å²) >= 11 is 0. The third-order valence-corrected chi connectivity index (χ3v) is 5.70. The van der Waals surface area contributed by atoms with Gasteiger partial charge in [0.1, 0.15) is 0 Å². The smallest absolute Gasteiger partial charge is 0.236 e. The van der Waals surface area contributed by atoms with Crippen molar-refractivity contribution in [2.45, 2.75) is 32.2 Å². The Bertz CT molecular complexity index is 654. The minimum absolute atomic E-state index is 0.0111. The normalized spacial score (nSPS) is 23.3. The van der Waals surface area contributed by atoms with Crippen LogP contribution in [0.1, 0.15) is 31.4 Å². The first-order valence-electron chi connectivity index (χ1n) is 9.76. The van der Waals surface area contributed by atoms with E-state index < -0.39 is 0 Å². The zero-order valence-electron chi connectivity index (χ0n) is 16.1. The predicted octanol–water partition coefficient (Wildman–Crippen LogP) is 0.737. The second-order valence-corrected chi connectivity index (χ2v) is 7.95. The summed E-state index contributed by atoms with van der Waals surface area (Å²) in [5.74, 6) is 0.256. The number of carbonyl (C=O) groups is 2. The molecule has 2 saturated heterocycles. The van der Waals surface area contributed by atoms with Crippen molar-refractivity contribution in [1.29, 1.82) is 0 Å². The van der Waals surface area contributed by atoms with Gasteiger partial charge in [-0.3, -0.25) is 19.5 Å². The Morgan fingerprint density at radius 2 is 2.19 bits per heavy atom. The summed E-state index contributed by atoms with van der Waals surface area (Å²) in [5.41, 5.74) is 0.935. The molecule has 2 amide bonds. The van der Waals surface area contributed by atoms with Crippen LogP contribution in [0.2, 0.25) is 0 Å². The van der Waals surface area contributed by atoms with Gasteiger partial charge in [0.05, 0.1) is 18.8 Å². The molecule has 1 aromatic heterocycles. The molecular formula is C20H30N4O3. The lowest BCUT2D eigenvalue weighted by atomic mass is 9.73. The molecule has 0 radical (unpaired) electrons. The third-order valence-electron chi connectivity index (χ3n) is 5.70. The molecule has 0 aromatic carbocycles. The number of aromatic nitrogens is 1. The van der Waals surface area contributed by atoms with Crippen LogP contribution in [0.4, 0.5) is 0 Å². The van der Waals surface area contributed by atoms with Crippen LogP contribution in [0.3, 0.4) is 0 Å². The lowest BCUT2D eigenvalue weighted by Gasteiger charge is -2.48. The number of nitrogens with zero attached hydrogens (tertiary/aromatic N) is 4. The number of pyridine rings is 1. The maximum atomic E-state index is 12.8. The van der Waals surface area contributed by atoms with Crippen molar-refractivity contribution in [3.8, 4) is 0 Å². The highest BCUT2D eigenvalue weighted by atomic mass is 16.3. The molecule has 2 aliphatic rings. The summed E-state index contributed by atoms with van der Waals surface area (Å²) in [6.07, 6.45) is 5.12. The highest BCUT2D eigenvalue weighted by Crippen LogP contribution is 2.38. The molecule has 0 aliphatic carbocycles. The van der Waals surface area contributed by atoms with Gasteiger partial charge in [0.15, 0.2) is 0 Å². The zero-order valence-corrected chi connectivity index (χ0v) is 16.1. The number of aliphatic hydroxyl groups excluding tert-OH is 1. The van der Waals surface area contributed by atoms with E-state index in [2.05, 4.69) is 4.98 Å². The topological polar surface area (TPSA) is 77.0 Å². The Kier molecular flexibility index (Phi) is 6.44. The number of hydrogen-bond donors (Lipinski definition) is 1. The van der Waals surface area contributed by atoms with Gasteiger partial charge in [-0.25, -0.2) is 0 Å². The molecule has 7 heteroatoms. The monoisotopic (exact) mass is 374 g/mol. The van der Waals surface area contributed by atoms with Crippen LogP contribution in [-0.4, -0.2) is 83.0 Å². The molecule has 2 aliphatic heterocycles. The molecule has 0 bridgehead atoms. The molecule has 3 heterocycles. The molecule has 2 fully saturated rings. The van der Waals surface area contributed by atoms with Gasteiger partial charge in [-0.1, -0.05) is 6.07 Å². The fourth-order valence-corrected chi connectivity index (χ4v) is 4.34. The quantitative estimate of drug-likeness (QED) is 0.795. The number of hydrogen-bond acceptors (Lipinski definition) is 5. The Morgan fingerprint density at radius 3 is 2.93 bits per heavy atom. The average molecular weight is 374 g/mol. The van der Waals surface area contributed by atoms with E-state index in [4.69, 9.17) is 0 Å². The Balaban J connectivity index is 1.57. The van der Waals surface area contributed by atoms with Crippen molar-refractivity contribution in [3.05, 3.63) is 30.1 Å². The lowest BCUT2D eigenvalue weighted by molar-refractivity contribution is -0.143. The molecule has 7 nitrogen and oxygen atoms in total. The van der Waals surface area contributed by atoms with E-state index >= 15 is 0 Å². The molecule has 3 rings (SSSR count). The number of rotatable bonds is 6. The number of carbonyl (C=O) groups excluding carboxylic acids is 2. The third kappa shape index (κ3) is 5.05. The number of likely N-dealkylation sites (N-methyl/N-ethyl adjacent to an activating group) is 1. The van der Waals surface area contributed by atoms with Crippen LogP contribution in [0.5, 0.6) is 0 Å². The van der Waals surface area contributed by atoms with Crippen molar-refractivity contribution in [2.24, 2.45) is 5.41 Å². The Hall–Kier alpha value is -1.99. The minimum atomic E-state index is -0.0173. The lowest BCUT2D eigenvalue weighted by Crippen LogP contribution is -2.56. The molecule has 1 unspecified atom stereocenters. The second kappa shape index (κ2) is 8.80. The van der Waals surface area contributed by atoms with Crippen LogP contribution >= 0.6 is 0 Å². The molecule has 1 spiro atoms. The summed E-state index contributed by atoms with van der Waals surface area (Å²) in [4.78, 5) is 34.9. The van der Waals surface area contributed by atoms with Crippen molar-refractivity contribution in [1.82, 2.24) is 19.7 Å². The summed E-state index contributed by atoms with van der Waals surface area (Å²) in [5, 5.41) is 9.21. The Morgan fingerprint density at radius 1 is 1.33 bits per heavy atom. The standard InChI is InChI=1S/C20H30N4O3/c1-22(13-17-5-2-3-9-21-17)14-19(27)23-10-4-7-20(15-23)8-6-18(26)24(16-20)11-12-25/h2-3,5,9,25H,4,6-8,10-16H2,1H3. The van der Waals surface area contributed by atoms with Gasteiger partial charge in [0.2, 0.25) is 11.8 Å². The SMILES string of the molecule is CN(CC(=O)N1CCCC2(CCC(=O)N(CCO)C2)C1)Cc1ccccn1. The number of piperidine rings is 2. The number of amides is 2. The molecular weight excluding hydrogens is 344 g/mol. The van der Waals surface area contributed by atoms with Crippen molar-refractivity contribution in [3.63, 3.8) is 0 Å². The molecule has 27 heavy (non-hydrogen) atoms. The van der Waals surface area contributed by atoms with Crippen molar-refractivity contribution < 1.29 is 14.7 Å². The van der Waals surface area contributed by atoms with Crippen LogP contribution in [0.15, 0.2) is 24.4 Å². The minimum Gasteiger partial charge on any atom is -0.395 e. The van der Waals surface area contributed by atoms with Gasteiger partial charge in [-0.05, 0) is 38.4 Å². The second-order valence-electron chi connectivity index (χ2n) is 7.95. The highest BCUT2D eigenvalue weighted by Gasteiger charge is 2.42. The van der Waals surface area contributed by atoms with Crippen LogP contribution < -0.4 is 0 Å². The van der Waals surface area contributed by atoms with E-state index in [0.717, 1.165) is 31.5 Å².